The van der Waals surface area contributed by atoms with E-state index in [0.717, 1.165) is 16.8 Å². The fraction of sp³-hybridized carbons (Fsp3) is 0.158. The average molecular weight is 341 g/mol. The minimum absolute atomic E-state index is 0.0256. The van der Waals surface area contributed by atoms with Crippen molar-refractivity contribution in [1.82, 2.24) is 10.9 Å². The van der Waals surface area contributed by atoms with Crippen molar-refractivity contribution in [2.24, 2.45) is 0 Å². The van der Waals surface area contributed by atoms with Gasteiger partial charge in [-0.1, -0.05) is 29.8 Å². The highest BCUT2D eigenvalue weighted by molar-refractivity contribution is 5.93. The van der Waals surface area contributed by atoms with Crippen LogP contribution in [0.4, 0.5) is 10.1 Å². The van der Waals surface area contributed by atoms with Gasteiger partial charge in [0.1, 0.15) is 5.82 Å². The number of carbonyl (C=O) groups is 2. The molecule has 3 N–H and O–H groups in total. The van der Waals surface area contributed by atoms with E-state index in [1.807, 2.05) is 32.0 Å². The van der Waals surface area contributed by atoms with Gasteiger partial charge >= 0.3 is 0 Å². The molecular formula is C19H20FN3O2. The Bertz CT molecular complexity index is 803. The first-order valence-electron chi connectivity index (χ1n) is 7.77. The van der Waals surface area contributed by atoms with E-state index >= 15 is 0 Å². The predicted molar refractivity (Wildman–Crippen MR) is 96.1 cm³/mol. The van der Waals surface area contributed by atoms with E-state index in [9.17, 15) is 14.0 Å². The number of nitrogens with one attached hydrogen (secondary N) is 3. The molecule has 0 heterocycles. The molecule has 25 heavy (non-hydrogen) atoms. The third-order valence-corrected chi connectivity index (χ3v) is 3.42. The molecule has 2 rings (SSSR count). The van der Waals surface area contributed by atoms with Crippen LogP contribution in [0.25, 0.3) is 6.08 Å². The zero-order valence-electron chi connectivity index (χ0n) is 14.1. The lowest BCUT2D eigenvalue weighted by Gasteiger charge is -2.10. The number of aryl methyl sites for hydroxylation is 2. The van der Waals surface area contributed by atoms with Crippen LogP contribution in [-0.4, -0.2) is 18.4 Å². The van der Waals surface area contributed by atoms with Crippen molar-refractivity contribution >= 4 is 23.6 Å². The lowest BCUT2D eigenvalue weighted by Crippen LogP contribution is -2.43. The second-order valence-corrected chi connectivity index (χ2v) is 5.60. The number of amides is 2. The van der Waals surface area contributed by atoms with Gasteiger partial charge in [-0.05, 0) is 49.2 Å². The van der Waals surface area contributed by atoms with Gasteiger partial charge in [-0.3, -0.25) is 20.4 Å². The van der Waals surface area contributed by atoms with E-state index in [1.54, 1.807) is 12.1 Å². The monoisotopic (exact) mass is 341 g/mol. The molecule has 0 saturated carbocycles. The summed E-state index contributed by atoms with van der Waals surface area (Å²) in [5.74, 6) is -1.27. The zero-order valence-corrected chi connectivity index (χ0v) is 14.1. The van der Waals surface area contributed by atoms with E-state index < -0.39 is 5.91 Å². The smallest absolute Gasteiger partial charge is 0.262 e. The van der Waals surface area contributed by atoms with E-state index in [2.05, 4.69) is 16.2 Å². The van der Waals surface area contributed by atoms with Gasteiger partial charge in [-0.25, -0.2) is 4.39 Å². The molecule has 0 aromatic heterocycles. The van der Waals surface area contributed by atoms with Crippen molar-refractivity contribution in [2.45, 2.75) is 13.8 Å². The Morgan fingerprint density at radius 1 is 1.08 bits per heavy atom. The van der Waals surface area contributed by atoms with Crippen LogP contribution < -0.4 is 16.2 Å². The molecule has 2 aromatic carbocycles. The lowest BCUT2D eigenvalue weighted by atomic mass is 10.1. The first kappa shape index (κ1) is 18.2. The van der Waals surface area contributed by atoms with Crippen LogP contribution in [0.3, 0.4) is 0 Å². The van der Waals surface area contributed by atoms with Crippen LogP contribution >= 0.6 is 0 Å². The van der Waals surface area contributed by atoms with E-state index in [4.69, 9.17) is 0 Å². The SMILES string of the molecule is Cc1ccc(NCC(=O)NNC(=O)/C=C/c2cccc(F)c2)c(C)c1. The lowest BCUT2D eigenvalue weighted by molar-refractivity contribution is -0.125. The molecule has 0 saturated heterocycles. The van der Waals surface area contributed by atoms with Gasteiger partial charge in [-0.15, -0.1) is 0 Å². The zero-order chi connectivity index (χ0) is 18.2. The molecule has 0 radical (unpaired) electrons. The maximum absolute atomic E-state index is 13.0. The molecule has 0 spiro atoms. The summed E-state index contributed by atoms with van der Waals surface area (Å²) < 4.78 is 13.0. The van der Waals surface area contributed by atoms with Crippen LogP contribution in [-0.2, 0) is 9.59 Å². The number of hydrogen-bond acceptors (Lipinski definition) is 3. The van der Waals surface area contributed by atoms with Gasteiger partial charge < -0.3 is 5.32 Å². The summed E-state index contributed by atoms with van der Waals surface area (Å²) in [7, 11) is 0. The molecule has 0 unspecified atom stereocenters. The van der Waals surface area contributed by atoms with Crippen LogP contribution in [0.1, 0.15) is 16.7 Å². The number of anilines is 1. The molecular weight excluding hydrogens is 321 g/mol. The van der Waals surface area contributed by atoms with Gasteiger partial charge in [0.2, 0.25) is 0 Å². The van der Waals surface area contributed by atoms with Crippen molar-refractivity contribution in [3.63, 3.8) is 0 Å². The molecule has 0 aliphatic carbocycles. The molecule has 5 nitrogen and oxygen atoms in total. The van der Waals surface area contributed by atoms with Gasteiger partial charge in [0, 0.05) is 11.8 Å². The Hall–Kier alpha value is -3.15. The summed E-state index contributed by atoms with van der Waals surface area (Å²) in [6.45, 7) is 3.97. The maximum Gasteiger partial charge on any atom is 0.262 e. The predicted octanol–water partition coefficient (Wildman–Crippen LogP) is 2.72. The Kier molecular flexibility index (Phi) is 6.28. The summed E-state index contributed by atoms with van der Waals surface area (Å²) in [5.41, 5.74) is 8.17. The Labute approximate surface area is 145 Å². The van der Waals surface area contributed by atoms with Crippen LogP contribution in [0.5, 0.6) is 0 Å². The van der Waals surface area contributed by atoms with E-state index in [0.29, 0.717) is 5.56 Å². The minimum atomic E-state index is -0.510. The molecule has 0 fully saturated rings. The molecule has 0 bridgehead atoms. The van der Waals surface area contributed by atoms with Crippen molar-refractivity contribution in [3.8, 4) is 0 Å². The first-order valence-corrected chi connectivity index (χ1v) is 7.77. The van der Waals surface area contributed by atoms with Gasteiger partial charge in [0.25, 0.3) is 11.8 Å². The molecule has 6 heteroatoms. The number of hydrazine groups is 1. The highest BCUT2D eigenvalue weighted by Gasteiger charge is 2.04. The van der Waals surface area contributed by atoms with Crippen LogP contribution in [0.15, 0.2) is 48.5 Å². The first-order chi connectivity index (χ1) is 11.9. The second kappa shape index (κ2) is 8.63. The number of carbonyl (C=O) groups excluding carboxylic acids is 2. The second-order valence-electron chi connectivity index (χ2n) is 5.60. The fourth-order valence-electron chi connectivity index (χ4n) is 2.19. The summed E-state index contributed by atoms with van der Waals surface area (Å²) in [4.78, 5) is 23.4. The van der Waals surface area contributed by atoms with Crippen molar-refractivity contribution < 1.29 is 14.0 Å². The normalized spacial score (nSPS) is 10.5. The molecule has 2 amide bonds. The average Bonchev–Trinajstić information content (AvgIpc) is 2.57. The van der Waals surface area contributed by atoms with E-state index in [1.165, 1.54) is 24.3 Å². The van der Waals surface area contributed by atoms with Crippen molar-refractivity contribution in [2.75, 3.05) is 11.9 Å². The van der Waals surface area contributed by atoms with Crippen LogP contribution in [0, 0.1) is 19.7 Å². The third kappa shape index (κ3) is 6.10. The van der Waals surface area contributed by atoms with Crippen LogP contribution in [0.2, 0.25) is 0 Å². The standard InChI is InChI=1S/C19H20FN3O2/c1-13-6-8-17(14(2)10-13)21-12-19(25)23-22-18(24)9-7-15-4-3-5-16(20)11-15/h3-11,21H,12H2,1-2H3,(H,22,24)(H,23,25)/b9-7+. The number of benzene rings is 2. The van der Waals surface area contributed by atoms with Gasteiger partial charge in [-0.2, -0.15) is 0 Å². The highest BCUT2D eigenvalue weighted by atomic mass is 19.1. The Balaban J connectivity index is 1.76. The third-order valence-electron chi connectivity index (χ3n) is 3.42. The number of halogens is 1. The van der Waals surface area contributed by atoms with E-state index in [-0.39, 0.29) is 18.3 Å². The molecule has 0 atom stereocenters. The molecule has 0 aliphatic heterocycles. The molecule has 2 aromatic rings. The summed E-state index contributed by atoms with van der Waals surface area (Å²) in [5, 5.41) is 3.00. The number of hydrogen-bond donors (Lipinski definition) is 3. The van der Waals surface area contributed by atoms with Crippen molar-refractivity contribution in [1.29, 1.82) is 0 Å². The fourth-order valence-corrected chi connectivity index (χ4v) is 2.19. The maximum atomic E-state index is 13.0. The quantitative estimate of drug-likeness (QED) is 0.578. The Morgan fingerprint density at radius 3 is 2.60 bits per heavy atom. The van der Waals surface area contributed by atoms with Crippen molar-refractivity contribution in [3.05, 3.63) is 71.0 Å². The highest BCUT2D eigenvalue weighted by Crippen LogP contribution is 2.15. The molecule has 130 valence electrons. The topological polar surface area (TPSA) is 70.2 Å². The molecule has 0 aliphatic rings. The number of rotatable bonds is 5. The minimum Gasteiger partial charge on any atom is -0.376 e. The van der Waals surface area contributed by atoms with Gasteiger partial charge in [0.15, 0.2) is 0 Å². The summed E-state index contributed by atoms with van der Waals surface area (Å²) in [6, 6.07) is 11.7. The Morgan fingerprint density at radius 2 is 1.88 bits per heavy atom. The van der Waals surface area contributed by atoms with Gasteiger partial charge in [0.05, 0.1) is 6.54 Å². The summed E-state index contributed by atoms with van der Waals surface area (Å²) >= 11 is 0. The largest absolute Gasteiger partial charge is 0.376 e. The summed E-state index contributed by atoms with van der Waals surface area (Å²) in [6.07, 6.45) is 2.67.